The summed E-state index contributed by atoms with van der Waals surface area (Å²) in [6.07, 6.45) is 4.65. The maximum absolute atomic E-state index is 13.0. The molecule has 1 aromatic heterocycles. The molecule has 0 spiro atoms. The number of halogens is 2. The smallest absolute Gasteiger partial charge is 0.273 e. The molecule has 0 unspecified atom stereocenters. The second kappa shape index (κ2) is 8.88. The number of rotatable bonds is 5. The van der Waals surface area contributed by atoms with E-state index >= 15 is 0 Å². The second-order valence-corrected chi connectivity index (χ2v) is 6.07. The summed E-state index contributed by atoms with van der Waals surface area (Å²) in [4.78, 5) is 28.8. The van der Waals surface area contributed by atoms with Crippen LogP contribution in [0.25, 0.3) is 0 Å². The Balaban J connectivity index is 1.76. The van der Waals surface area contributed by atoms with Gasteiger partial charge in [0.25, 0.3) is 11.8 Å². The van der Waals surface area contributed by atoms with Crippen molar-refractivity contribution in [3.05, 3.63) is 94.5 Å². The van der Waals surface area contributed by atoms with Gasteiger partial charge in [-0.15, -0.1) is 0 Å². The first-order valence-electron chi connectivity index (χ1n) is 8.13. The van der Waals surface area contributed by atoms with Crippen LogP contribution in [0, 0.1) is 5.82 Å². The Hall–Kier alpha value is -3.58. The molecule has 0 saturated heterocycles. The number of hydrogen-bond acceptors (Lipinski definition) is 4. The number of nitrogens with one attached hydrogen (secondary N) is 2. The number of amides is 2. The molecule has 3 aromatic rings. The summed E-state index contributed by atoms with van der Waals surface area (Å²) in [5.41, 5.74) is 3.71. The second-order valence-electron chi connectivity index (χ2n) is 5.64. The number of anilines is 1. The van der Waals surface area contributed by atoms with Gasteiger partial charge in [0.05, 0.1) is 17.5 Å². The lowest BCUT2D eigenvalue weighted by Gasteiger charge is -2.11. The maximum Gasteiger partial charge on any atom is 0.273 e. The van der Waals surface area contributed by atoms with Gasteiger partial charge in [-0.1, -0.05) is 17.7 Å². The van der Waals surface area contributed by atoms with Gasteiger partial charge in [-0.25, -0.2) is 9.82 Å². The number of pyridine rings is 1. The summed E-state index contributed by atoms with van der Waals surface area (Å²) < 4.78 is 13.0. The Labute approximate surface area is 165 Å². The zero-order chi connectivity index (χ0) is 19.9. The summed E-state index contributed by atoms with van der Waals surface area (Å²) in [5.74, 6) is -1.50. The largest absolute Gasteiger partial charge is 0.321 e. The van der Waals surface area contributed by atoms with Gasteiger partial charge in [-0.3, -0.25) is 14.6 Å². The van der Waals surface area contributed by atoms with Gasteiger partial charge in [0.15, 0.2) is 0 Å². The lowest BCUT2D eigenvalue weighted by atomic mass is 10.1. The van der Waals surface area contributed by atoms with Crippen LogP contribution in [-0.2, 0) is 0 Å². The molecule has 0 radical (unpaired) electrons. The molecule has 0 saturated carbocycles. The predicted octanol–water partition coefficient (Wildman–Crippen LogP) is 3.89. The lowest BCUT2D eigenvalue weighted by molar-refractivity contribution is 0.0956. The summed E-state index contributed by atoms with van der Waals surface area (Å²) >= 11 is 5.98. The number of hydrazone groups is 1. The van der Waals surface area contributed by atoms with Crippen molar-refractivity contribution in [3.8, 4) is 0 Å². The van der Waals surface area contributed by atoms with Crippen molar-refractivity contribution in [2.24, 2.45) is 5.10 Å². The molecule has 2 aromatic carbocycles. The van der Waals surface area contributed by atoms with E-state index in [1.165, 1.54) is 48.7 Å². The van der Waals surface area contributed by atoms with Gasteiger partial charge in [0.2, 0.25) is 0 Å². The molecule has 2 amide bonds. The van der Waals surface area contributed by atoms with E-state index in [0.717, 1.165) is 0 Å². The minimum atomic E-state index is -0.558. The molecule has 3 rings (SSSR count). The number of benzene rings is 2. The highest BCUT2D eigenvalue weighted by Crippen LogP contribution is 2.21. The molecule has 0 aliphatic rings. The molecule has 0 aliphatic carbocycles. The highest BCUT2D eigenvalue weighted by atomic mass is 35.5. The molecule has 2 N–H and O–H groups in total. The van der Waals surface area contributed by atoms with Crippen LogP contribution in [0.3, 0.4) is 0 Å². The first-order valence-corrected chi connectivity index (χ1v) is 8.50. The third kappa shape index (κ3) is 4.99. The van der Waals surface area contributed by atoms with Gasteiger partial charge < -0.3 is 5.32 Å². The van der Waals surface area contributed by atoms with E-state index in [9.17, 15) is 14.0 Å². The zero-order valence-corrected chi connectivity index (χ0v) is 15.2. The fourth-order valence-corrected chi connectivity index (χ4v) is 2.46. The average molecular weight is 397 g/mol. The summed E-state index contributed by atoms with van der Waals surface area (Å²) in [7, 11) is 0. The van der Waals surface area contributed by atoms with Crippen molar-refractivity contribution in [2.45, 2.75) is 0 Å². The number of nitrogens with zero attached hydrogens (tertiary/aromatic N) is 2. The van der Waals surface area contributed by atoms with Crippen molar-refractivity contribution in [1.29, 1.82) is 0 Å². The molecular weight excluding hydrogens is 383 g/mol. The molecule has 0 aliphatic heterocycles. The number of carbonyl (C=O) groups excluding carboxylic acids is 2. The maximum atomic E-state index is 13.0. The zero-order valence-electron chi connectivity index (χ0n) is 14.4. The first-order chi connectivity index (χ1) is 13.5. The van der Waals surface area contributed by atoms with Gasteiger partial charge >= 0.3 is 0 Å². The molecule has 1 heterocycles. The highest BCUT2D eigenvalue weighted by molar-refractivity contribution is 6.31. The monoisotopic (exact) mass is 396 g/mol. The average Bonchev–Trinajstić information content (AvgIpc) is 2.70. The van der Waals surface area contributed by atoms with E-state index in [0.29, 0.717) is 10.6 Å². The number of hydrogen-bond donors (Lipinski definition) is 2. The Morgan fingerprint density at radius 1 is 1.07 bits per heavy atom. The van der Waals surface area contributed by atoms with Crippen LogP contribution < -0.4 is 10.7 Å². The first kappa shape index (κ1) is 19.2. The minimum Gasteiger partial charge on any atom is -0.321 e. The standard InChI is InChI=1S/C20H14ClFN4O2/c21-15-5-8-18(25-19(27)14-3-6-16(22)7-4-14)17(10-15)20(28)26-24-12-13-2-1-9-23-11-13/h1-12H,(H,25,27)(H,26,28)/b24-12+. The van der Waals surface area contributed by atoms with Gasteiger partial charge in [-0.05, 0) is 48.5 Å². The molecular formula is C20H14ClFN4O2. The lowest BCUT2D eigenvalue weighted by Crippen LogP contribution is -2.21. The molecule has 28 heavy (non-hydrogen) atoms. The molecule has 6 nitrogen and oxygen atoms in total. The highest BCUT2D eigenvalue weighted by Gasteiger charge is 2.15. The third-order valence-corrected chi connectivity index (χ3v) is 3.88. The Morgan fingerprint density at radius 3 is 2.57 bits per heavy atom. The van der Waals surface area contributed by atoms with Crippen LogP contribution in [0.2, 0.25) is 5.02 Å². The van der Waals surface area contributed by atoms with E-state index in [1.807, 2.05) is 0 Å². The van der Waals surface area contributed by atoms with Crippen LogP contribution >= 0.6 is 11.6 Å². The van der Waals surface area contributed by atoms with Crippen LogP contribution in [-0.4, -0.2) is 23.0 Å². The van der Waals surface area contributed by atoms with Crippen molar-refractivity contribution in [1.82, 2.24) is 10.4 Å². The molecule has 140 valence electrons. The van der Waals surface area contributed by atoms with Crippen molar-refractivity contribution >= 4 is 35.3 Å². The SMILES string of the molecule is O=C(Nc1ccc(Cl)cc1C(=O)N/N=C/c1cccnc1)c1ccc(F)cc1. The van der Waals surface area contributed by atoms with Crippen molar-refractivity contribution in [3.63, 3.8) is 0 Å². The summed E-state index contributed by atoms with van der Waals surface area (Å²) in [5, 5.41) is 6.81. The molecule has 8 heteroatoms. The number of carbonyl (C=O) groups is 2. The number of aromatic nitrogens is 1. The van der Waals surface area contributed by atoms with Gasteiger partial charge in [0, 0.05) is 28.5 Å². The van der Waals surface area contributed by atoms with E-state index in [4.69, 9.17) is 11.6 Å². The van der Waals surface area contributed by atoms with E-state index in [2.05, 4.69) is 20.8 Å². The van der Waals surface area contributed by atoms with E-state index in [1.54, 1.807) is 24.5 Å². The van der Waals surface area contributed by atoms with Crippen LogP contribution in [0.5, 0.6) is 0 Å². The fraction of sp³-hybridized carbons (Fsp3) is 0. The molecule has 0 fully saturated rings. The quantitative estimate of drug-likeness (QED) is 0.507. The predicted molar refractivity (Wildman–Crippen MR) is 105 cm³/mol. The van der Waals surface area contributed by atoms with E-state index in [-0.39, 0.29) is 16.8 Å². The fourth-order valence-electron chi connectivity index (χ4n) is 2.29. The van der Waals surface area contributed by atoms with Crippen LogP contribution in [0.1, 0.15) is 26.3 Å². The van der Waals surface area contributed by atoms with Gasteiger partial charge in [0.1, 0.15) is 5.82 Å². The summed E-state index contributed by atoms with van der Waals surface area (Å²) in [6.45, 7) is 0. The van der Waals surface area contributed by atoms with Crippen LogP contribution in [0.15, 0.2) is 72.1 Å². The van der Waals surface area contributed by atoms with Crippen LogP contribution in [0.4, 0.5) is 10.1 Å². The molecule has 0 atom stereocenters. The Bertz CT molecular complexity index is 1020. The Morgan fingerprint density at radius 2 is 1.86 bits per heavy atom. The van der Waals surface area contributed by atoms with E-state index < -0.39 is 17.6 Å². The minimum absolute atomic E-state index is 0.131. The van der Waals surface area contributed by atoms with Crippen molar-refractivity contribution < 1.29 is 14.0 Å². The van der Waals surface area contributed by atoms with Crippen molar-refractivity contribution in [2.75, 3.05) is 5.32 Å². The van der Waals surface area contributed by atoms with Gasteiger partial charge in [-0.2, -0.15) is 5.10 Å². The topological polar surface area (TPSA) is 83.5 Å². The molecule has 0 bridgehead atoms. The normalized spacial score (nSPS) is 10.6. The summed E-state index contributed by atoms with van der Waals surface area (Å²) in [6, 6.07) is 13.0. The third-order valence-electron chi connectivity index (χ3n) is 3.64. The Kier molecular flexibility index (Phi) is 6.08.